The van der Waals surface area contributed by atoms with E-state index in [9.17, 15) is 4.79 Å². The molecule has 3 saturated heterocycles. The van der Waals surface area contributed by atoms with Crippen LogP contribution in [0, 0.1) is 0 Å². The fourth-order valence-corrected chi connectivity index (χ4v) is 5.86. The Hall–Kier alpha value is -0.280. The molecule has 8 heteroatoms. The van der Waals surface area contributed by atoms with Crippen molar-refractivity contribution in [3.05, 3.63) is 0 Å². The Bertz CT molecular complexity index is 554. The van der Waals surface area contributed by atoms with Crippen molar-refractivity contribution >= 4 is 18.2 Å². The number of rotatable bonds is 2. The molecular formula is C24H45ClN4O3. The minimum absolute atomic E-state index is 0. The molecule has 1 spiro atoms. The molecule has 0 aromatic carbocycles. The van der Waals surface area contributed by atoms with Gasteiger partial charge in [0.05, 0.1) is 13.2 Å². The normalized spacial score (nSPS) is 29.5. The Kier molecular flexibility index (Phi) is 10.2. The van der Waals surface area contributed by atoms with Gasteiger partial charge in [0.1, 0.15) is 5.78 Å². The molecule has 0 amide bonds. The first-order valence-corrected chi connectivity index (χ1v) is 12.7. The number of ketones is 1. The zero-order valence-electron chi connectivity index (χ0n) is 20.3. The van der Waals surface area contributed by atoms with E-state index in [0.29, 0.717) is 11.8 Å². The summed E-state index contributed by atoms with van der Waals surface area (Å²) < 4.78 is 11.6. The summed E-state index contributed by atoms with van der Waals surface area (Å²) in [5.41, 5.74) is 0. The zero-order valence-corrected chi connectivity index (χ0v) is 21.1. The van der Waals surface area contributed by atoms with Crippen molar-refractivity contribution in [3.8, 4) is 0 Å². The minimum Gasteiger partial charge on any atom is -0.348 e. The molecule has 0 aromatic rings. The molecule has 186 valence electrons. The van der Waals surface area contributed by atoms with Gasteiger partial charge in [-0.05, 0) is 39.8 Å². The topological polar surface area (TPSA) is 48.5 Å². The van der Waals surface area contributed by atoms with Crippen LogP contribution in [0.25, 0.3) is 0 Å². The van der Waals surface area contributed by atoms with E-state index in [1.807, 2.05) is 0 Å². The first kappa shape index (κ1) is 26.3. The van der Waals surface area contributed by atoms with Crippen LogP contribution in [0.3, 0.4) is 0 Å². The summed E-state index contributed by atoms with van der Waals surface area (Å²) in [6, 6.07) is 1.46. The summed E-state index contributed by atoms with van der Waals surface area (Å²) in [5, 5.41) is 0. The molecule has 2 aliphatic carbocycles. The molecule has 0 aromatic heterocycles. The summed E-state index contributed by atoms with van der Waals surface area (Å²) in [4.78, 5) is 21.2. The number of carbonyl (C=O) groups excluding carboxylic acids is 1. The van der Waals surface area contributed by atoms with E-state index in [1.54, 1.807) is 0 Å². The highest BCUT2D eigenvalue weighted by Gasteiger charge is 2.41. The van der Waals surface area contributed by atoms with Crippen molar-refractivity contribution in [2.75, 3.05) is 79.7 Å². The molecule has 2 saturated carbocycles. The van der Waals surface area contributed by atoms with Crippen LogP contribution < -0.4 is 0 Å². The molecule has 3 heterocycles. The van der Waals surface area contributed by atoms with Crippen molar-refractivity contribution in [1.29, 1.82) is 0 Å². The predicted octanol–water partition coefficient (Wildman–Crippen LogP) is 2.09. The second-order valence-corrected chi connectivity index (χ2v) is 10.3. The molecule has 0 atom stereocenters. The summed E-state index contributed by atoms with van der Waals surface area (Å²) in [6.07, 6.45) is 8.49. The molecule has 0 radical (unpaired) electrons. The van der Waals surface area contributed by atoms with E-state index in [-0.39, 0.29) is 18.2 Å². The molecule has 5 aliphatic rings. The van der Waals surface area contributed by atoms with Crippen LogP contribution in [-0.4, -0.2) is 123 Å². The third-order valence-corrected chi connectivity index (χ3v) is 8.15. The molecule has 5 rings (SSSR count). The summed E-state index contributed by atoms with van der Waals surface area (Å²) >= 11 is 0. The maximum Gasteiger partial charge on any atom is 0.168 e. The number of ether oxygens (including phenoxy) is 2. The third kappa shape index (κ3) is 7.11. The molecular weight excluding hydrogens is 428 g/mol. The van der Waals surface area contributed by atoms with Gasteiger partial charge in [0.25, 0.3) is 0 Å². The number of nitrogens with zero attached hydrogens (tertiary/aromatic N) is 4. The van der Waals surface area contributed by atoms with Crippen LogP contribution in [0.4, 0.5) is 0 Å². The highest BCUT2D eigenvalue weighted by atomic mass is 35.5. The fraction of sp³-hybridized carbons (Fsp3) is 0.958. The maximum atomic E-state index is 11.1. The van der Waals surface area contributed by atoms with Crippen molar-refractivity contribution in [3.63, 3.8) is 0 Å². The lowest BCUT2D eigenvalue weighted by atomic mass is 9.89. The summed E-state index contributed by atoms with van der Waals surface area (Å²) in [6.45, 7) is 11.2. The van der Waals surface area contributed by atoms with Gasteiger partial charge in [-0.25, -0.2) is 0 Å². The highest BCUT2D eigenvalue weighted by molar-refractivity contribution is 5.85. The number of likely N-dealkylation sites (N-methyl/N-ethyl adjacent to an activating group) is 2. The third-order valence-electron chi connectivity index (χ3n) is 8.15. The number of piperazine rings is 2. The van der Waals surface area contributed by atoms with E-state index in [1.165, 1.54) is 65.2 Å². The van der Waals surface area contributed by atoms with E-state index in [2.05, 4.69) is 33.7 Å². The van der Waals surface area contributed by atoms with Crippen LogP contribution in [0.2, 0.25) is 0 Å². The van der Waals surface area contributed by atoms with Gasteiger partial charge in [-0.3, -0.25) is 14.6 Å². The number of carbonyl (C=O) groups is 1. The van der Waals surface area contributed by atoms with Crippen LogP contribution in [0.15, 0.2) is 0 Å². The second kappa shape index (κ2) is 12.4. The van der Waals surface area contributed by atoms with E-state index >= 15 is 0 Å². The van der Waals surface area contributed by atoms with E-state index < -0.39 is 0 Å². The Morgan fingerprint density at radius 1 is 0.688 bits per heavy atom. The van der Waals surface area contributed by atoms with Gasteiger partial charge >= 0.3 is 0 Å². The monoisotopic (exact) mass is 472 g/mol. The van der Waals surface area contributed by atoms with Crippen LogP contribution >= 0.6 is 12.4 Å². The number of halogens is 1. The summed E-state index contributed by atoms with van der Waals surface area (Å²) in [7, 11) is 4.40. The second-order valence-electron chi connectivity index (χ2n) is 10.3. The van der Waals surface area contributed by atoms with Gasteiger partial charge in [-0.1, -0.05) is 0 Å². The average molecular weight is 473 g/mol. The van der Waals surface area contributed by atoms with Gasteiger partial charge in [0, 0.05) is 90.1 Å². The Morgan fingerprint density at radius 3 is 1.53 bits per heavy atom. The van der Waals surface area contributed by atoms with Gasteiger partial charge in [-0.2, -0.15) is 0 Å². The van der Waals surface area contributed by atoms with Crippen LogP contribution in [0.1, 0.15) is 51.4 Å². The average Bonchev–Trinajstić information content (AvgIpc) is 3.25. The molecule has 0 N–H and O–H groups in total. The van der Waals surface area contributed by atoms with Gasteiger partial charge in [-0.15, -0.1) is 12.4 Å². The van der Waals surface area contributed by atoms with Crippen molar-refractivity contribution in [2.24, 2.45) is 0 Å². The molecule has 0 bridgehead atoms. The van der Waals surface area contributed by atoms with Gasteiger partial charge in [0.2, 0.25) is 0 Å². The zero-order chi connectivity index (χ0) is 21.7. The van der Waals surface area contributed by atoms with Crippen molar-refractivity contribution in [1.82, 2.24) is 19.6 Å². The van der Waals surface area contributed by atoms with E-state index in [4.69, 9.17) is 9.47 Å². The first-order chi connectivity index (χ1) is 15.0. The van der Waals surface area contributed by atoms with E-state index in [0.717, 1.165) is 57.8 Å². The predicted molar refractivity (Wildman–Crippen MR) is 130 cm³/mol. The van der Waals surface area contributed by atoms with Crippen LogP contribution in [-0.2, 0) is 14.3 Å². The lowest BCUT2D eigenvalue weighted by Gasteiger charge is -2.43. The molecule has 0 unspecified atom stereocenters. The number of Topliss-reactive ketones (excluding diaryl/α,β-unsaturated/α-hetero) is 1. The largest absolute Gasteiger partial charge is 0.348 e. The summed E-state index contributed by atoms with van der Waals surface area (Å²) in [5.74, 6) is 0.277. The number of hydrogen-bond donors (Lipinski definition) is 0. The van der Waals surface area contributed by atoms with Gasteiger partial charge in [0.15, 0.2) is 5.79 Å². The van der Waals surface area contributed by atoms with Crippen molar-refractivity contribution in [2.45, 2.75) is 69.2 Å². The smallest absolute Gasteiger partial charge is 0.168 e. The minimum atomic E-state index is -0.191. The molecule has 7 nitrogen and oxygen atoms in total. The Morgan fingerprint density at radius 2 is 1.09 bits per heavy atom. The molecule has 5 fully saturated rings. The lowest BCUT2D eigenvalue weighted by molar-refractivity contribution is -0.184. The van der Waals surface area contributed by atoms with Crippen LogP contribution in [0.5, 0.6) is 0 Å². The highest BCUT2D eigenvalue weighted by Crippen LogP contribution is 2.37. The number of hydrogen-bond acceptors (Lipinski definition) is 7. The quantitative estimate of drug-likeness (QED) is 0.609. The standard InChI is InChI=1S/C13H24N2O2.C11H20N2O.ClH/c1-14-6-8-15(9-7-14)12-2-4-13(5-3-12)16-10-11-17-13;1-12-6-8-13(9-7-12)10-2-4-11(14)5-3-10;/h12H,2-11H2,1H3;10H,2-9H2,1H3;1H. The fourth-order valence-electron chi connectivity index (χ4n) is 5.86. The lowest BCUT2D eigenvalue weighted by Crippen LogP contribution is -2.51. The van der Waals surface area contributed by atoms with Gasteiger partial charge < -0.3 is 19.3 Å². The SMILES string of the molecule is CN1CCN(C2CCC(=O)CC2)CC1.CN1CCN(C2CCC3(CC2)OCCO3)CC1.Cl. The molecule has 32 heavy (non-hydrogen) atoms. The first-order valence-electron chi connectivity index (χ1n) is 12.7. The molecule has 3 aliphatic heterocycles. The van der Waals surface area contributed by atoms with Crippen molar-refractivity contribution < 1.29 is 14.3 Å². The maximum absolute atomic E-state index is 11.1. The Balaban J connectivity index is 0.000000178. The Labute approximate surface area is 201 Å².